The highest BCUT2D eigenvalue weighted by Gasteiger charge is 2.27. The topological polar surface area (TPSA) is 41.5 Å². The zero-order valence-corrected chi connectivity index (χ0v) is 10.0. The monoisotopic (exact) mass is 227 g/mol. The second-order valence-corrected chi connectivity index (χ2v) is 4.27. The lowest BCUT2D eigenvalue weighted by atomic mass is 9.92. The Kier molecular flexibility index (Phi) is 3.88. The van der Waals surface area contributed by atoms with Gasteiger partial charge in [-0.15, -0.1) is 0 Å². The number of rotatable bonds is 4. The van der Waals surface area contributed by atoms with Gasteiger partial charge in [-0.2, -0.15) is 0 Å². The Bertz CT molecular complexity index is 361. The minimum absolute atomic E-state index is 0.203. The summed E-state index contributed by atoms with van der Waals surface area (Å²) in [5, 5.41) is 12.9. The van der Waals surface area contributed by atoms with Crippen molar-refractivity contribution in [2.24, 2.45) is 0 Å². The second kappa shape index (κ2) is 4.80. The highest BCUT2D eigenvalue weighted by atomic mass is 19.1. The Morgan fingerprint density at radius 2 is 2.06 bits per heavy atom. The van der Waals surface area contributed by atoms with Crippen LogP contribution in [0.4, 0.5) is 4.39 Å². The Hall–Kier alpha value is -1.13. The molecule has 1 atom stereocenters. The number of aliphatic hydroxyl groups is 1. The predicted octanol–water partition coefficient (Wildman–Crippen LogP) is 1.87. The molecule has 0 aliphatic carbocycles. The van der Waals surface area contributed by atoms with Crippen LogP contribution >= 0.6 is 0 Å². The van der Waals surface area contributed by atoms with Crippen LogP contribution in [0.2, 0.25) is 0 Å². The third-order valence-corrected chi connectivity index (χ3v) is 2.50. The quantitative estimate of drug-likeness (QED) is 0.825. The van der Waals surface area contributed by atoms with E-state index in [1.165, 1.54) is 13.2 Å². The molecule has 4 heteroatoms. The summed E-state index contributed by atoms with van der Waals surface area (Å²) in [5.41, 5.74) is -0.274. The first-order valence-corrected chi connectivity index (χ1v) is 5.13. The van der Waals surface area contributed by atoms with Gasteiger partial charge in [-0.3, -0.25) is 0 Å². The van der Waals surface area contributed by atoms with Crippen molar-refractivity contribution in [1.82, 2.24) is 5.32 Å². The highest BCUT2D eigenvalue weighted by molar-refractivity contribution is 5.32. The molecule has 0 amide bonds. The van der Waals surface area contributed by atoms with Gasteiger partial charge in [0.15, 0.2) is 11.6 Å². The van der Waals surface area contributed by atoms with Crippen LogP contribution in [-0.4, -0.2) is 24.9 Å². The molecular formula is C12H18FNO2. The van der Waals surface area contributed by atoms with Gasteiger partial charge in [0.2, 0.25) is 0 Å². The van der Waals surface area contributed by atoms with Gasteiger partial charge in [0, 0.05) is 0 Å². The van der Waals surface area contributed by atoms with E-state index in [0.717, 1.165) is 0 Å². The molecule has 0 spiro atoms. The van der Waals surface area contributed by atoms with E-state index in [1.807, 2.05) is 0 Å². The van der Waals surface area contributed by atoms with Crippen molar-refractivity contribution >= 4 is 0 Å². The maximum Gasteiger partial charge on any atom is 0.165 e. The summed E-state index contributed by atoms with van der Waals surface area (Å²) in [5.74, 6) is -0.223. The van der Waals surface area contributed by atoms with Crippen molar-refractivity contribution in [2.75, 3.05) is 14.2 Å². The molecule has 1 aromatic carbocycles. The third kappa shape index (κ3) is 2.71. The molecule has 0 saturated heterocycles. The highest BCUT2D eigenvalue weighted by Crippen LogP contribution is 2.28. The standard InChI is InChI=1S/C12H18FNO2/c1-12(2,15)11(14-3)8-5-6-10(16-4)9(13)7-8/h5-7,11,14-15H,1-4H3. The fourth-order valence-electron chi connectivity index (χ4n) is 1.79. The van der Waals surface area contributed by atoms with Crippen LogP contribution in [0.25, 0.3) is 0 Å². The second-order valence-electron chi connectivity index (χ2n) is 4.27. The van der Waals surface area contributed by atoms with E-state index in [-0.39, 0.29) is 11.8 Å². The molecule has 0 fully saturated rings. The molecule has 1 aromatic rings. The van der Waals surface area contributed by atoms with Crippen LogP contribution in [0.5, 0.6) is 5.75 Å². The first-order valence-electron chi connectivity index (χ1n) is 5.13. The number of likely N-dealkylation sites (N-methyl/N-ethyl adjacent to an activating group) is 1. The number of halogens is 1. The zero-order chi connectivity index (χ0) is 12.3. The van der Waals surface area contributed by atoms with Crippen molar-refractivity contribution in [3.05, 3.63) is 29.6 Å². The first kappa shape index (κ1) is 12.9. The SMILES string of the molecule is CNC(c1ccc(OC)c(F)c1)C(C)(C)O. The molecular weight excluding hydrogens is 209 g/mol. The molecule has 90 valence electrons. The van der Waals surface area contributed by atoms with Crippen LogP contribution in [0.1, 0.15) is 25.5 Å². The fourth-order valence-corrected chi connectivity index (χ4v) is 1.79. The molecule has 3 nitrogen and oxygen atoms in total. The number of ether oxygens (including phenoxy) is 1. The average Bonchev–Trinajstić information content (AvgIpc) is 2.17. The molecule has 2 N–H and O–H groups in total. The molecule has 0 saturated carbocycles. The van der Waals surface area contributed by atoms with Gasteiger partial charge in [-0.05, 0) is 38.6 Å². The molecule has 0 radical (unpaired) electrons. The molecule has 1 unspecified atom stereocenters. The summed E-state index contributed by atoms with van der Waals surface area (Å²) >= 11 is 0. The Morgan fingerprint density at radius 1 is 1.44 bits per heavy atom. The van der Waals surface area contributed by atoms with Crippen LogP contribution in [0, 0.1) is 5.82 Å². The number of hydrogen-bond acceptors (Lipinski definition) is 3. The van der Waals surface area contributed by atoms with E-state index in [9.17, 15) is 9.50 Å². The Labute approximate surface area is 95.2 Å². The summed E-state index contributed by atoms with van der Waals surface area (Å²) in [6.07, 6.45) is 0. The van der Waals surface area contributed by atoms with Crippen LogP contribution in [0.15, 0.2) is 18.2 Å². The molecule has 0 aliphatic heterocycles. The van der Waals surface area contributed by atoms with Crippen molar-refractivity contribution in [3.63, 3.8) is 0 Å². The number of hydrogen-bond donors (Lipinski definition) is 2. The molecule has 0 bridgehead atoms. The van der Waals surface area contributed by atoms with Gasteiger partial charge in [0.05, 0.1) is 18.8 Å². The number of benzene rings is 1. The molecule has 0 aliphatic rings. The van der Waals surface area contributed by atoms with Crippen LogP contribution < -0.4 is 10.1 Å². The van der Waals surface area contributed by atoms with Crippen molar-refractivity contribution in [1.29, 1.82) is 0 Å². The molecule has 0 aromatic heterocycles. The van der Waals surface area contributed by atoms with Gasteiger partial charge >= 0.3 is 0 Å². The normalized spacial score (nSPS) is 13.6. The smallest absolute Gasteiger partial charge is 0.165 e. The lowest BCUT2D eigenvalue weighted by Crippen LogP contribution is -2.37. The van der Waals surface area contributed by atoms with Gasteiger partial charge in [-0.25, -0.2) is 4.39 Å². The van der Waals surface area contributed by atoms with E-state index >= 15 is 0 Å². The van der Waals surface area contributed by atoms with E-state index in [1.54, 1.807) is 33.0 Å². The zero-order valence-electron chi connectivity index (χ0n) is 10.0. The predicted molar refractivity (Wildman–Crippen MR) is 61.1 cm³/mol. The summed E-state index contributed by atoms with van der Waals surface area (Å²) in [7, 11) is 3.15. The van der Waals surface area contributed by atoms with Gasteiger partial charge in [0.1, 0.15) is 0 Å². The lowest BCUT2D eigenvalue weighted by Gasteiger charge is -2.29. The number of methoxy groups -OCH3 is 1. The minimum atomic E-state index is -0.963. The maximum absolute atomic E-state index is 13.5. The summed E-state index contributed by atoms with van der Waals surface area (Å²) < 4.78 is 18.3. The van der Waals surface area contributed by atoms with Crippen molar-refractivity contribution < 1.29 is 14.2 Å². The Morgan fingerprint density at radius 3 is 2.44 bits per heavy atom. The summed E-state index contributed by atoms with van der Waals surface area (Å²) in [6, 6.07) is 4.34. The fraction of sp³-hybridized carbons (Fsp3) is 0.500. The first-order chi connectivity index (χ1) is 7.40. The van der Waals surface area contributed by atoms with Crippen molar-refractivity contribution in [2.45, 2.75) is 25.5 Å². The van der Waals surface area contributed by atoms with E-state index in [2.05, 4.69) is 5.32 Å². The van der Waals surface area contributed by atoms with Crippen LogP contribution in [0.3, 0.4) is 0 Å². The van der Waals surface area contributed by atoms with Gasteiger partial charge < -0.3 is 15.2 Å². The minimum Gasteiger partial charge on any atom is -0.494 e. The average molecular weight is 227 g/mol. The van der Waals surface area contributed by atoms with E-state index in [0.29, 0.717) is 5.56 Å². The Balaban J connectivity index is 3.08. The van der Waals surface area contributed by atoms with Gasteiger partial charge in [0.25, 0.3) is 0 Å². The number of nitrogens with one attached hydrogen (secondary N) is 1. The molecule has 1 rings (SSSR count). The third-order valence-electron chi connectivity index (χ3n) is 2.50. The van der Waals surface area contributed by atoms with E-state index in [4.69, 9.17) is 4.74 Å². The largest absolute Gasteiger partial charge is 0.494 e. The van der Waals surface area contributed by atoms with E-state index < -0.39 is 11.4 Å². The molecule has 0 heterocycles. The van der Waals surface area contributed by atoms with Gasteiger partial charge in [-0.1, -0.05) is 6.07 Å². The maximum atomic E-state index is 13.5. The van der Waals surface area contributed by atoms with Crippen molar-refractivity contribution in [3.8, 4) is 5.75 Å². The van der Waals surface area contributed by atoms with Crippen LogP contribution in [-0.2, 0) is 0 Å². The summed E-state index contributed by atoms with van der Waals surface area (Å²) in [4.78, 5) is 0. The summed E-state index contributed by atoms with van der Waals surface area (Å²) in [6.45, 7) is 3.35. The molecule has 16 heavy (non-hydrogen) atoms. The lowest BCUT2D eigenvalue weighted by molar-refractivity contribution is 0.0399.